The van der Waals surface area contributed by atoms with Crippen LogP contribution in [0.1, 0.15) is 6.92 Å². The molecule has 33 heavy (non-hydrogen) atoms. The van der Waals surface area contributed by atoms with E-state index in [1.165, 1.54) is 16.7 Å². The lowest BCUT2D eigenvalue weighted by atomic mass is 9.98. The molecule has 4 nitrogen and oxygen atoms in total. The molecule has 0 unspecified atom stereocenters. The number of halogens is 3. The highest BCUT2D eigenvalue weighted by Gasteiger charge is 2.25. The Morgan fingerprint density at radius 2 is 1.79 bits per heavy atom. The van der Waals surface area contributed by atoms with Gasteiger partial charge in [0.15, 0.2) is 5.65 Å². The van der Waals surface area contributed by atoms with Crippen LogP contribution in [0.5, 0.6) is 0 Å². The zero-order valence-electron chi connectivity index (χ0n) is 17.5. The van der Waals surface area contributed by atoms with E-state index in [4.69, 9.17) is 9.72 Å². The predicted molar refractivity (Wildman–Crippen MR) is 141 cm³/mol. The number of fused-ring (bicyclic) bond motifs is 3. The van der Waals surface area contributed by atoms with E-state index in [9.17, 15) is 9.18 Å². The second kappa shape index (κ2) is 8.87. The standard InChI is InChI=1S/C26H17BrFIN2O2/c1-2-33-26(32)31-20-14-18(28)12-13-19(20)22-21(15-8-10-17(27)11-9-15)23(29)24(30-25(22)31)16-6-4-3-5-7-16/h3-14H,2H2,1H3. The molecule has 0 N–H and O–H groups in total. The first kappa shape index (κ1) is 22.0. The zero-order chi connectivity index (χ0) is 23.1. The van der Waals surface area contributed by atoms with Crippen molar-refractivity contribution < 1.29 is 13.9 Å². The topological polar surface area (TPSA) is 44.1 Å². The molecule has 3 aromatic carbocycles. The molecule has 5 aromatic rings. The molecule has 0 aliphatic carbocycles. The summed E-state index contributed by atoms with van der Waals surface area (Å²) < 4.78 is 22.9. The smallest absolute Gasteiger partial charge is 0.420 e. The van der Waals surface area contributed by atoms with Crippen LogP contribution in [0.4, 0.5) is 9.18 Å². The van der Waals surface area contributed by atoms with Gasteiger partial charge >= 0.3 is 6.09 Å². The number of hydrogen-bond donors (Lipinski definition) is 0. The summed E-state index contributed by atoms with van der Waals surface area (Å²) in [5.41, 5.74) is 4.44. The van der Waals surface area contributed by atoms with Crippen molar-refractivity contribution in [3.8, 4) is 22.4 Å². The maximum atomic E-state index is 14.3. The fourth-order valence-electron chi connectivity index (χ4n) is 4.03. The number of nitrogens with zero attached hydrogens (tertiary/aromatic N) is 2. The largest absolute Gasteiger partial charge is 0.449 e. The van der Waals surface area contributed by atoms with Gasteiger partial charge in [-0.1, -0.05) is 58.4 Å². The van der Waals surface area contributed by atoms with Gasteiger partial charge in [-0.05, 0) is 65.4 Å². The Balaban J connectivity index is 1.99. The third-order valence-corrected chi connectivity index (χ3v) is 7.01. The molecular formula is C26H17BrFIN2O2. The van der Waals surface area contributed by atoms with E-state index in [2.05, 4.69) is 38.5 Å². The molecule has 0 atom stereocenters. The highest BCUT2D eigenvalue weighted by atomic mass is 127. The van der Waals surface area contributed by atoms with Gasteiger partial charge in [0.2, 0.25) is 0 Å². The molecule has 5 rings (SSSR count). The Morgan fingerprint density at radius 1 is 1.06 bits per heavy atom. The molecule has 0 bridgehead atoms. The van der Waals surface area contributed by atoms with Crippen molar-refractivity contribution >= 4 is 66.6 Å². The van der Waals surface area contributed by atoms with E-state index in [1.54, 1.807) is 13.0 Å². The van der Waals surface area contributed by atoms with Gasteiger partial charge in [-0.15, -0.1) is 0 Å². The minimum absolute atomic E-state index is 0.199. The van der Waals surface area contributed by atoms with Gasteiger partial charge in [0.25, 0.3) is 0 Å². The van der Waals surface area contributed by atoms with Gasteiger partial charge in [0, 0.05) is 29.9 Å². The minimum Gasteiger partial charge on any atom is -0.449 e. The van der Waals surface area contributed by atoms with Crippen molar-refractivity contribution in [2.24, 2.45) is 0 Å². The normalized spacial score (nSPS) is 11.3. The molecule has 0 aliphatic heterocycles. The predicted octanol–water partition coefficient (Wildman–Crippen LogP) is 8.03. The summed E-state index contributed by atoms with van der Waals surface area (Å²) in [5.74, 6) is -0.431. The Labute approximate surface area is 211 Å². The first-order valence-corrected chi connectivity index (χ1v) is 12.2. The number of carbonyl (C=O) groups is 1. The maximum absolute atomic E-state index is 14.3. The summed E-state index contributed by atoms with van der Waals surface area (Å²) >= 11 is 5.82. The number of aromatic nitrogens is 2. The van der Waals surface area contributed by atoms with Crippen LogP contribution in [-0.4, -0.2) is 22.3 Å². The first-order chi connectivity index (χ1) is 16.0. The van der Waals surface area contributed by atoms with Gasteiger partial charge in [0.1, 0.15) is 5.82 Å². The van der Waals surface area contributed by atoms with Crippen molar-refractivity contribution in [1.29, 1.82) is 0 Å². The third kappa shape index (κ3) is 3.83. The Morgan fingerprint density at radius 3 is 2.48 bits per heavy atom. The van der Waals surface area contributed by atoms with E-state index < -0.39 is 11.9 Å². The quantitative estimate of drug-likeness (QED) is 0.193. The third-order valence-electron chi connectivity index (χ3n) is 5.43. The molecule has 2 aromatic heterocycles. The monoisotopic (exact) mass is 614 g/mol. The molecule has 7 heteroatoms. The van der Waals surface area contributed by atoms with Gasteiger partial charge in [-0.25, -0.2) is 18.7 Å². The van der Waals surface area contributed by atoms with Gasteiger partial charge < -0.3 is 4.74 Å². The van der Waals surface area contributed by atoms with Crippen LogP contribution < -0.4 is 0 Å². The fraction of sp³-hybridized carbons (Fsp3) is 0.0769. The highest BCUT2D eigenvalue weighted by Crippen LogP contribution is 2.42. The maximum Gasteiger partial charge on any atom is 0.420 e. The molecule has 2 heterocycles. The van der Waals surface area contributed by atoms with E-state index in [-0.39, 0.29) is 6.61 Å². The van der Waals surface area contributed by atoms with Crippen molar-refractivity contribution in [3.63, 3.8) is 0 Å². The van der Waals surface area contributed by atoms with Crippen LogP contribution in [0.25, 0.3) is 44.3 Å². The second-order valence-electron chi connectivity index (χ2n) is 7.42. The van der Waals surface area contributed by atoms with Crippen LogP contribution in [-0.2, 0) is 4.74 Å². The van der Waals surface area contributed by atoms with E-state index >= 15 is 0 Å². The number of rotatable bonds is 3. The lowest BCUT2D eigenvalue weighted by Crippen LogP contribution is -2.14. The van der Waals surface area contributed by atoms with E-state index in [0.29, 0.717) is 11.2 Å². The lowest BCUT2D eigenvalue weighted by molar-refractivity contribution is 0.156. The van der Waals surface area contributed by atoms with Gasteiger partial charge in [-0.2, -0.15) is 0 Å². The summed E-state index contributed by atoms with van der Waals surface area (Å²) in [6.45, 7) is 1.94. The number of ether oxygens (including phenoxy) is 1. The van der Waals surface area contributed by atoms with Crippen LogP contribution >= 0.6 is 38.5 Å². The molecule has 0 fully saturated rings. The number of carbonyl (C=O) groups excluding carboxylic acids is 1. The molecule has 0 amide bonds. The molecule has 0 saturated heterocycles. The number of benzene rings is 3. The van der Waals surface area contributed by atoms with Crippen LogP contribution in [0.15, 0.2) is 77.3 Å². The van der Waals surface area contributed by atoms with Crippen molar-refractivity contribution in [1.82, 2.24) is 9.55 Å². The van der Waals surface area contributed by atoms with Gasteiger partial charge in [-0.3, -0.25) is 0 Å². The number of hydrogen-bond acceptors (Lipinski definition) is 3. The average molecular weight is 615 g/mol. The molecule has 0 aliphatic rings. The Hall–Kier alpha value is -2.78. The molecule has 0 saturated carbocycles. The van der Waals surface area contributed by atoms with Crippen molar-refractivity contribution in [2.45, 2.75) is 6.92 Å². The van der Waals surface area contributed by atoms with Crippen LogP contribution in [0, 0.1) is 9.39 Å². The Kier molecular flexibility index (Phi) is 5.92. The summed E-state index contributed by atoms with van der Waals surface area (Å²) in [6.07, 6.45) is -0.586. The second-order valence-corrected chi connectivity index (χ2v) is 9.41. The summed E-state index contributed by atoms with van der Waals surface area (Å²) in [4.78, 5) is 18.0. The molecule has 0 spiro atoms. The molecular weight excluding hydrogens is 598 g/mol. The summed E-state index contributed by atoms with van der Waals surface area (Å²) in [5, 5.41) is 1.52. The first-order valence-electron chi connectivity index (χ1n) is 10.3. The fourth-order valence-corrected chi connectivity index (χ4v) is 5.31. The van der Waals surface area contributed by atoms with Gasteiger partial charge in [0.05, 0.1) is 17.8 Å². The molecule has 0 radical (unpaired) electrons. The van der Waals surface area contributed by atoms with Crippen molar-refractivity contribution in [2.75, 3.05) is 6.61 Å². The van der Waals surface area contributed by atoms with Crippen molar-refractivity contribution in [3.05, 3.63) is 86.7 Å². The molecule has 164 valence electrons. The Bertz CT molecular complexity index is 1520. The van der Waals surface area contributed by atoms with Crippen LogP contribution in [0.2, 0.25) is 0 Å². The SMILES string of the molecule is CCOC(=O)n1c2cc(F)ccc2c2c(-c3ccc(Br)cc3)c(I)c(-c3ccccc3)nc21. The van der Waals surface area contributed by atoms with E-state index in [1.807, 2.05) is 54.6 Å². The highest BCUT2D eigenvalue weighted by molar-refractivity contribution is 14.1. The average Bonchev–Trinajstić information content (AvgIpc) is 3.13. The summed E-state index contributed by atoms with van der Waals surface area (Å²) in [7, 11) is 0. The minimum atomic E-state index is -0.586. The lowest BCUT2D eigenvalue weighted by Gasteiger charge is -2.13. The van der Waals surface area contributed by atoms with Crippen LogP contribution in [0.3, 0.4) is 0 Å². The number of pyridine rings is 1. The summed E-state index contributed by atoms with van der Waals surface area (Å²) in [6, 6.07) is 22.3. The van der Waals surface area contributed by atoms with E-state index in [0.717, 1.165) is 41.2 Å². The zero-order valence-corrected chi connectivity index (χ0v) is 21.2.